The summed E-state index contributed by atoms with van der Waals surface area (Å²) in [5.41, 5.74) is -0.708. The molecule has 12 heteroatoms. The first kappa shape index (κ1) is 26.2. The number of urea groups is 1. The molecule has 1 N–H and O–H groups in total. The minimum absolute atomic E-state index is 0.000379. The van der Waals surface area contributed by atoms with Crippen LogP contribution in [0.3, 0.4) is 0 Å². The molecule has 2 unspecified atom stereocenters. The number of carbonyl (C=O) groups is 4. The number of nitriles is 1. The number of carbonyl (C=O) groups excluding carboxylic acids is 3. The molecule has 2 aliphatic heterocycles. The van der Waals surface area contributed by atoms with Crippen molar-refractivity contribution in [1.29, 1.82) is 5.26 Å². The van der Waals surface area contributed by atoms with Gasteiger partial charge < -0.3 is 14.9 Å². The maximum atomic E-state index is 14.2. The number of benzene rings is 2. The van der Waals surface area contributed by atoms with Crippen LogP contribution in [0.2, 0.25) is 10.0 Å². The van der Waals surface area contributed by atoms with Crippen LogP contribution in [0.4, 0.5) is 10.5 Å². The lowest BCUT2D eigenvalue weighted by Gasteiger charge is -2.33. The highest BCUT2D eigenvalue weighted by Gasteiger charge is 2.65. The van der Waals surface area contributed by atoms with Gasteiger partial charge in [0.15, 0.2) is 0 Å². The van der Waals surface area contributed by atoms with Crippen molar-refractivity contribution in [3.05, 3.63) is 93.2 Å². The summed E-state index contributed by atoms with van der Waals surface area (Å²) >= 11 is 12.3. The molecule has 196 valence electrons. The van der Waals surface area contributed by atoms with Crippen molar-refractivity contribution in [3.63, 3.8) is 0 Å². The summed E-state index contributed by atoms with van der Waals surface area (Å²) in [5, 5.41) is 19.3. The zero-order valence-electron chi connectivity index (χ0n) is 20.3. The number of carboxylic acid groups (broad SMARTS) is 1. The SMILES string of the molecule is CN1C(=O)N(c2cc(Cl)cc(Cl)c2)C(=O)C12CN(C(=O)c1ccncc1C(=O)O)CC2c1ccc(C#N)cc1. The molecule has 5 rings (SSSR count). The first-order valence-corrected chi connectivity index (χ1v) is 12.4. The fraction of sp³-hybridized carbons (Fsp3) is 0.185. The molecule has 10 nitrogen and oxygen atoms in total. The van der Waals surface area contributed by atoms with Crippen LogP contribution in [0.15, 0.2) is 60.9 Å². The van der Waals surface area contributed by atoms with E-state index in [1.54, 1.807) is 24.3 Å². The highest BCUT2D eigenvalue weighted by Crippen LogP contribution is 2.47. The molecule has 3 aromatic rings. The van der Waals surface area contributed by atoms with Crippen molar-refractivity contribution in [2.24, 2.45) is 0 Å². The number of carboxylic acids is 1. The lowest BCUT2D eigenvalue weighted by molar-refractivity contribution is -0.124. The maximum Gasteiger partial charge on any atom is 0.338 e. The monoisotopic (exact) mass is 563 g/mol. The van der Waals surface area contributed by atoms with Crippen molar-refractivity contribution in [3.8, 4) is 6.07 Å². The molecule has 0 saturated carbocycles. The van der Waals surface area contributed by atoms with E-state index in [0.29, 0.717) is 11.1 Å². The zero-order valence-corrected chi connectivity index (χ0v) is 21.8. The summed E-state index contributed by atoms with van der Waals surface area (Å²) < 4.78 is 0. The number of aromatic carboxylic acids is 1. The van der Waals surface area contributed by atoms with E-state index in [1.807, 2.05) is 6.07 Å². The largest absolute Gasteiger partial charge is 0.478 e. The van der Waals surface area contributed by atoms with E-state index in [4.69, 9.17) is 23.2 Å². The van der Waals surface area contributed by atoms with Crippen LogP contribution in [-0.4, -0.2) is 69.4 Å². The number of imide groups is 1. The van der Waals surface area contributed by atoms with Crippen molar-refractivity contribution < 1.29 is 24.3 Å². The molecular weight excluding hydrogens is 545 g/mol. The Labute approximate surface area is 232 Å². The minimum Gasteiger partial charge on any atom is -0.478 e. The number of likely N-dealkylation sites (N-methyl/N-ethyl adjacent to an activating group) is 1. The summed E-state index contributed by atoms with van der Waals surface area (Å²) in [6.07, 6.45) is 2.39. The van der Waals surface area contributed by atoms with Gasteiger partial charge in [-0.2, -0.15) is 5.26 Å². The number of rotatable bonds is 4. The van der Waals surface area contributed by atoms with Crippen LogP contribution in [-0.2, 0) is 4.79 Å². The van der Waals surface area contributed by atoms with Crippen LogP contribution < -0.4 is 4.90 Å². The number of pyridine rings is 1. The molecule has 0 radical (unpaired) electrons. The second-order valence-electron chi connectivity index (χ2n) is 9.23. The molecule has 2 saturated heterocycles. The fourth-order valence-corrected chi connectivity index (χ4v) is 5.80. The first-order chi connectivity index (χ1) is 18.6. The molecule has 39 heavy (non-hydrogen) atoms. The Morgan fingerprint density at radius 1 is 1.08 bits per heavy atom. The molecule has 2 fully saturated rings. The Kier molecular flexibility index (Phi) is 6.50. The molecule has 0 aliphatic carbocycles. The van der Waals surface area contributed by atoms with Crippen molar-refractivity contribution in [2.45, 2.75) is 11.5 Å². The lowest BCUT2D eigenvalue weighted by atomic mass is 9.80. The van der Waals surface area contributed by atoms with Gasteiger partial charge in [0.05, 0.1) is 35.0 Å². The molecular formula is C27H19Cl2N5O5. The van der Waals surface area contributed by atoms with E-state index >= 15 is 0 Å². The van der Waals surface area contributed by atoms with E-state index < -0.39 is 35.3 Å². The highest BCUT2D eigenvalue weighted by atomic mass is 35.5. The highest BCUT2D eigenvalue weighted by molar-refractivity contribution is 6.36. The third-order valence-electron chi connectivity index (χ3n) is 7.18. The predicted octanol–water partition coefficient (Wildman–Crippen LogP) is 4.04. The van der Waals surface area contributed by atoms with Crippen LogP contribution in [0.5, 0.6) is 0 Å². The van der Waals surface area contributed by atoms with Gasteiger partial charge in [-0.15, -0.1) is 0 Å². The lowest BCUT2D eigenvalue weighted by Crippen LogP contribution is -2.54. The second kappa shape index (κ2) is 9.69. The van der Waals surface area contributed by atoms with Gasteiger partial charge in [0.2, 0.25) is 0 Å². The van der Waals surface area contributed by atoms with Gasteiger partial charge in [0.25, 0.3) is 11.8 Å². The molecule has 2 aromatic carbocycles. The smallest absolute Gasteiger partial charge is 0.338 e. The Morgan fingerprint density at radius 2 is 1.74 bits per heavy atom. The van der Waals surface area contributed by atoms with Gasteiger partial charge in [0.1, 0.15) is 5.54 Å². The molecule has 0 bridgehead atoms. The number of anilines is 1. The first-order valence-electron chi connectivity index (χ1n) is 11.6. The predicted molar refractivity (Wildman–Crippen MR) is 141 cm³/mol. The molecule has 1 aromatic heterocycles. The number of hydrogen-bond acceptors (Lipinski definition) is 6. The molecule has 3 heterocycles. The third-order valence-corrected chi connectivity index (χ3v) is 7.61. The minimum atomic E-state index is -1.54. The van der Waals surface area contributed by atoms with Crippen LogP contribution in [0, 0.1) is 11.3 Å². The van der Waals surface area contributed by atoms with Crippen molar-refractivity contribution in [2.75, 3.05) is 25.0 Å². The summed E-state index contributed by atoms with van der Waals surface area (Å²) in [6, 6.07) is 13.6. The Morgan fingerprint density at radius 3 is 2.36 bits per heavy atom. The maximum absolute atomic E-state index is 14.2. The molecule has 1 spiro atoms. The third kappa shape index (κ3) is 4.16. The fourth-order valence-electron chi connectivity index (χ4n) is 5.28. The number of halogens is 2. The zero-order chi connectivity index (χ0) is 28.1. The van der Waals surface area contributed by atoms with Gasteiger partial charge >= 0.3 is 12.0 Å². The van der Waals surface area contributed by atoms with Gasteiger partial charge in [-0.05, 0) is 42.0 Å². The Balaban J connectivity index is 1.63. The van der Waals surface area contributed by atoms with Crippen molar-refractivity contribution in [1.82, 2.24) is 14.8 Å². The number of aromatic nitrogens is 1. The molecule has 4 amide bonds. The summed E-state index contributed by atoms with van der Waals surface area (Å²) in [5.74, 6) is -3.24. The van der Waals surface area contributed by atoms with E-state index in [2.05, 4.69) is 4.98 Å². The number of amides is 4. The topological polar surface area (TPSA) is 135 Å². The Bertz CT molecular complexity index is 1570. The van der Waals surface area contributed by atoms with Crippen molar-refractivity contribution >= 4 is 52.7 Å². The quantitative estimate of drug-likeness (QED) is 0.473. The van der Waals surface area contributed by atoms with Crippen LogP contribution in [0.1, 0.15) is 37.8 Å². The average Bonchev–Trinajstić information content (AvgIpc) is 3.40. The van der Waals surface area contributed by atoms with E-state index in [-0.39, 0.29) is 39.9 Å². The van der Waals surface area contributed by atoms with Gasteiger partial charge in [-0.3, -0.25) is 14.6 Å². The van der Waals surface area contributed by atoms with E-state index in [9.17, 15) is 29.5 Å². The standard InChI is InChI=1S/C27H19Cl2N5O5/c1-32-26(39)34(19-9-17(28)8-18(29)10-19)25(38)27(32)14-33(13-22(27)16-4-2-15(11-30)3-5-16)23(35)20-6-7-31-12-21(20)24(36)37/h2-10,12,22H,13-14H2,1H3,(H,36,37). The normalized spacial score (nSPS) is 20.6. The van der Waals surface area contributed by atoms with Crippen LogP contribution in [0.25, 0.3) is 0 Å². The van der Waals surface area contributed by atoms with Crippen LogP contribution >= 0.6 is 23.2 Å². The van der Waals surface area contributed by atoms with Gasteiger partial charge in [-0.25, -0.2) is 14.5 Å². The summed E-state index contributed by atoms with van der Waals surface area (Å²) in [6.45, 7) is -0.205. The second-order valence-corrected chi connectivity index (χ2v) is 10.1. The van der Waals surface area contributed by atoms with Gasteiger partial charge in [-0.1, -0.05) is 35.3 Å². The van der Waals surface area contributed by atoms with Gasteiger partial charge in [0, 0.05) is 41.9 Å². The molecule has 2 atom stereocenters. The Hall–Kier alpha value is -4.46. The average molecular weight is 564 g/mol. The number of hydrogen-bond donors (Lipinski definition) is 1. The van der Waals surface area contributed by atoms with E-state index in [1.165, 1.54) is 47.3 Å². The van der Waals surface area contributed by atoms with E-state index in [0.717, 1.165) is 11.1 Å². The number of nitrogens with zero attached hydrogens (tertiary/aromatic N) is 5. The number of likely N-dealkylation sites (tertiary alicyclic amines) is 1. The summed E-state index contributed by atoms with van der Waals surface area (Å²) in [7, 11) is 1.48. The summed E-state index contributed by atoms with van der Waals surface area (Å²) in [4.78, 5) is 60.7. The molecule has 2 aliphatic rings.